The molecule has 1 aliphatic rings. The second-order valence-electron chi connectivity index (χ2n) is 6.20. The van der Waals surface area contributed by atoms with Gasteiger partial charge < -0.3 is 15.0 Å². The molecule has 0 aliphatic carbocycles. The van der Waals surface area contributed by atoms with E-state index in [1.807, 2.05) is 23.1 Å². The molecule has 0 radical (unpaired) electrons. The van der Waals surface area contributed by atoms with Crippen molar-refractivity contribution in [3.05, 3.63) is 23.8 Å². The maximum atomic E-state index is 12.2. The summed E-state index contributed by atoms with van der Waals surface area (Å²) in [5.41, 5.74) is 1.99. The summed E-state index contributed by atoms with van der Waals surface area (Å²) in [6.07, 6.45) is 4.51. The van der Waals surface area contributed by atoms with Gasteiger partial charge in [0.2, 0.25) is 11.8 Å². The first kappa shape index (κ1) is 18.3. The van der Waals surface area contributed by atoms with Gasteiger partial charge in [-0.25, -0.2) is 0 Å². The number of nitrogens with one attached hydrogen (secondary N) is 1. The van der Waals surface area contributed by atoms with E-state index >= 15 is 0 Å². The van der Waals surface area contributed by atoms with Crippen molar-refractivity contribution < 1.29 is 14.3 Å². The normalized spacial score (nSPS) is 13.2. The van der Waals surface area contributed by atoms with Gasteiger partial charge in [0.25, 0.3) is 0 Å². The molecule has 132 valence electrons. The second kappa shape index (κ2) is 9.30. The van der Waals surface area contributed by atoms with Crippen molar-refractivity contribution in [2.75, 3.05) is 25.0 Å². The van der Waals surface area contributed by atoms with Gasteiger partial charge in [-0.3, -0.25) is 9.59 Å². The Hall–Kier alpha value is -2.04. The number of anilines is 1. The summed E-state index contributed by atoms with van der Waals surface area (Å²) in [5, 5.41) is 2.86. The Balaban J connectivity index is 1.76. The standard InChI is InChI=1S/C19H28N2O3/c1-3-11-21(12-4-2)19(23)6-5-13-24-16-8-9-17-15(14-16)7-10-18(22)20-17/h8-9,14H,3-7,10-13H2,1-2H3,(H,20,22). The lowest BCUT2D eigenvalue weighted by Crippen LogP contribution is -2.32. The minimum atomic E-state index is 0.0680. The monoisotopic (exact) mass is 332 g/mol. The third kappa shape index (κ3) is 5.25. The summed E-state index contributed by atoms with van der Waals surface area (Å²) in [4.78, 5) is 25.5. The predicted octanol–water partition coefficient (Wildman–Crippen LogP) is 3.38. The lowest BCUT2D eigenvalue weighted by atomic mass is 10.0. The number of nitrogens with zero attached hydrogens (tertiary/aromatic N) is 1. The van der Waals surface area contributed by atoms with E-state index in [4.69, 9.17) is 4.74 Å². The molecular weight excluding hydrogens is 304 g/mol. The van der Waals surface area contributed by atoms with E-state index in [2.05, 4.69) is 19.2 Å². The molecule has 1 N–H and O–H groups in total. The molecule has 5 heteroatoms. The molecule has 0 unspecified atom stereocenters. The zero-order valence-electron chi connectivity index (χ0n) is 14.8. The van der Waals surface area contributed by atoms with E-state index in [9.17, 15) is 9.59 Å². The molecule has 2 amide bonds. The Morgan fingerprint density at radius 2 is 1.96 bits per heavy atom. The van der Waals surface area contributed by atoms with Crippen molar-refractivity contribution in [3.8, 4) is 5.75 Å². The highest BCUT2D eigenvalue weighted by molar-refractivity contribution is 5.94. The van der Waals surface area contributed by atoms with Crippen molar-refractivity contribution in [1.82, 2.24) is 4.90 Å². The molecular formula is C19H28N2O3. The average molecular weight is 332 g/mol. The fourth-order valence-electron chi connectivity index (χ4n) is 2.92. The van der Waals surface area contributed by atoms with Crippen LogP contribution in [0, 0.1) is 0 Å². The number of hydrogen-bond donors (Lipinski definition) is 1. The average Bonchev–Trinajstić information content (AvgIpc) is 2.58. The van der Waals surface area contributed by atoms with Crippen LogP contribution in [0.1, 0.15) is 51.5 Å². The molecule has 1 aromatic carbocycles. The van der Waals surface area contributed by atoms with Crippen LogP contribution in [0.5, 0.6) is 5.75 Å². The lowest BCUT2D eigenvalue weighted by Gasteiger charge is -2.21. The van der Waals surface area contributed by atoms with Crippen molar-refractivity contribution in [3.63, 3.8) is 0 Å². The van der Waals surface area contributed by atoms with E-state index < -0.39 is 0 Å². The molecule has 1 heterocycles. The number of aryl methyl sites for hydroxylation is 1. The van der Waals surface area contributed by atoms with Crippen LogP contribution >= 0.6 is 0 Å². The molecule has 0 bridgehead atoms. The molecule has 0 spiro atoms. The van der Waals surface area contributed by atoms with Gasteiger partial charge in [-0.15, -0.1) is 0 Å². The Morgan fingerprint density at radius 1 is 1.21 bits per heavy atom. The van der Waals surface area contributed by atoms with Crippen LogP contribution < -0.4 is 10.1 Å². The molecule has 0 atom stereocenters. The summed E-state index contributed by atoms with van der Waals surface area (Å²) in [6, 6.07) is 5.74. The number of ether oxygens (including phenoxy) is 1. The first-order valence-electron chi connectivity index (χ1n) is 8.97. The maximum absolute atomic E-state index is 12.2. The van der Waals surface area contributed by atoms with Crippen molar-refractivity contribution >= 4 is 17.5 Å². The first-order valence-corrected chi connectivity index (χ1v) is 8.97. The molecule has 1 aliphatic heterocycles. The highest BCUT2D eigenvalue weighted by Gasteiger charge is 2.15. The molecule has 2 rings (SSSR count). The summed E-state index contributed by atoms with van der Waals surface area (Å²) < 4.78 is 5.77. The van der Waals surface area contributed by atoms with Crippen LogP contribution in [-0.2, 0) is 16.0 Å². The predicted molar refractivity (Wildman–Crippen MR) is 95.3 cm³/mol. The number of benzene rings is 1. The molecule has 24 heavy (non-hydrogen) atoms. The summed E-state index contributed by atoms with van der Waals surface area (Å²) in [6.45, 7) is 6.40. The summed E-state index contributed by atoms with van der Waals surface area (Å²) in [5.74, 6) is 1.09. The Labute approximate surface area is 144 Å². The van der Waals surface area contributed by atoms with Gasteiger partial charge in [-0.05, 0) is 49.4 Å². The smallest absolute Gasteiger partial charge is 0.224 e. The Morgan fingerprint density at radius 3 is 2.67 bits per heavy atom. The molecule has 0 saturated carbocycles. The molecule has 5 nitrogen and oxygen atoms in total. The van der Waals surface area contributed by atoms with Crippen molar-refractivity contribution in [2.45, 2.75) is 52.4 Å². The van der Waals surface area contributed by atoms with Gasteiger partial charge >= 0.3 is 0 Å². The SMILES string of the molecule is CCCN(CCC)C(=O)CCCOc1ccc2c(c1)CCC(=O)N2. The highest BCUT2D eigenvalue weighted by Crippen LogP contribution is 2.26. The zero-order chi connectivity index (χ0) is 17.4. The van der Waals surface area contributed by atoms with Gasteiger partial charge in [-0.1, -0.05) is 13.8 Å². The highest BCUT2D eigenvalue weighted by atomic mass is 16.5. The lowest BCUT2D eigenvalue weighted by molar-refractivity contribution is -0.131. The largest absolute Gasteiger partial charge is 0.494 e. The number of carbonyl (C=O) groups excluding carboxylic acids is 2. The van der Waals surface area contributed by atoms with Gasteiger partial charge in [-0.2, -0.15) is 0 Å². The van der Waals surface area contributed by atoms with E-state index in [0.717, 1.165) is 55.8 Å². The zero-order valence-corrected chi connectivity index (χ0v) is 14.8. The van der Waals surface area contributed by atoms with Crippen LogP contribution in [0.25, 0.3) is 0 Å². The molecule has 0 aromatic heterocycles. The van der Waals surface area contributed by atoms with Gasteiger partial charge in [0.05, 0.1) is 6.61 Å². The van der Waals surface area contributed by atoms with Crippen LogP contribution in [0.3, 0.4) is 0 Å². The first-order chi connectivity index (χ1) is 11.6. The van der Waals surface area contributed by atoms with E-state index in [-0.39, 0.29) is 11.8 Å². The Kier molecular flexibility index (Phi) is 7.09. The molecule has 1 aromatic rings. The summed E-state index contributed by atoms with van der Waals surface area (Å²) >= 11 is 0. The van der Waals surface area contributed by atoms with Crippen LogP contribution in [-0.4, -0.2) is 36.4 Å². The number of fused-ring (bicyclic) bond motifs is 1. The number of amides is 2. The third-order valence-electron chi connectivity index (χ3n) is 4.12. The van der Waals surface area contributed by atoms with Gasteiger partial charge in [0, 0.05) is 31.6 Å². The van der Waals surface area contributed by atoms with Crippen LogP contribution in [0.2, 0.25) is 0 Å². The van der Waals surface area contributed by atoms with E-state index in [0.29, 0.717) is 19.4 Å². The van der Waals surface area contributed by atoms with Gasteiger partial charge in [0.15, 0.2) is 0 Å². The topological polar surface area (TPSA) is 58.6 Å². The van der Waals surface area contributed by atoms with E-state index in [1.165, 1.54) is 0 Å². The maximum Gasteiger partial charge on any atom is 0.224 e. The number of rotatable bonds is 9. The molecule has 0 fully saturated rings. The van der Waals surface area contributed by atoms with Crippen LogP contribution in [0.4, 0.5) is 5.69 Å². The van der Waals surface area contributed by atoms with Gasteiger partial charge in [0.1, 0.15) is 5.75 Å². The minimum absolute atomic E-state index is 0.0680. The molecule has 0 saturated heterocycles. The van der Waals surface area contributed by atoms with Crippen LogP contribution in [0.15, 0.2) is 18.2 Å². The second-order valence-corrected chi connectivity index (χ2v) is 6.20. The van der Waals surface area contributed by atoms with Crippen molar-refractivity contribution in [2.24, 2.45) is 0 Å². The van der Waals surface area contributed by atoms with E-state index in [1.54, 1.807) is 0 Å². The minimum Gasteiger partial charge on any atom is -0.494 e. The Bertz CT molecular complexity index is 566. The summed E-state index contributed by atoms with van der Waals surface area (Å²) in [7, 11) is 0. The fraction of sp³-hybridized carbons (Fsp3) is 0.579. The van der Waals surface area contributed by atoms with Crippen molar-refractivity contribution in [1.29, 1.82) is 0 Å². The quantitative estimate of drug-likeness (QED) is 0.705. The third-order valence-corrected chi connectivity index (χ3v) is 4.12. The number of hydrogen-bond acceptors (Lipinski definition) is 3. The fourth-order valence-corrected chi connectivity index (χ4v) is 2.92. The number of carbonyl (C=O) groups is 2.